The van der Waals surface area contributed by atoms with Gasteiger partial charge in [0.1, 0.15) is 11.5 Å². The predicted molar refractivity (Wildman–Crippen MR) is 113 cm³/mol. The van der Waals surface area contributed by atoms with E-state index < -0.39 is 15.3 Å². The molecule has 10 heteroatoms. The first kappa shape index (κ1) is 21.3. The monoisotopic (exact) mass is 446 g/mol. The van der Waals surface area contributed by atoms with Crippen LogP contribution in [0.25, 0.3) is 0 Å². The number of sulfone groups is 1. The van der Waals surface area contributed by atoms with Crippen LogP contribution in [0.3, 0.4) is 0 Å². The minimum atomic E-state index is -3.17. The number of fused-ring (bicyclic) bond motifs is 1. The lowest BCUT2D eigenvalue weighted by Crippen LogP contribution is -2.38. The molecule has 0 unspecified atom stereocenters. The van der Waals surface area contributed by atoms with E-state index in [-0.39, 0.29) is 28.7 Å². The Morgan fingerprint density at radius 2 is 1.86 bits per heavy atom. The third-order valence-electron chi connectivity index (χ3n) is 4.62. The molecule has 0 aliphatic carbocycles. The number of carbonyl (C=O) groups is 1. The maximum atomic E-state index is 12.5. The lowest BCUT2D eigenvalue weighted by Gasteiger charge is -2.27. The molecule has 1 amide bonds. The van der Waals surface area contributed by atoms with Gasteiger partial charge in [0.05, 0.1) is 42.5 Å². The molecular formula is C18H23ClN2O5S2. The lowest BCUT2D eigenvalue weighted by atomic mass is 9.96. The van der Waals surface area contributed by atoms with Gasteiger partial charge in [-0.05, 0) is 6.07 Å². The number of ether oxygens (including phenoxy) is 2. The fraction of sp³-hybridized carbons (Fsp3) is 0.556. The van der Waals surface area contributed by atoms with Gasteiger partial charge in [0.2, 0.25) is 0 Å². The summed E-state index contributed by atoms with van der Waals surface area (Å²) in [6.07, 6.45) is 0. The highest BCUT2D eigenvalue weighted by Gasteiger charge is 2.50. The quantitative estimate of drug-likeness (QED) is 0.705. The minimum Gasteiger partial charge on any atom is -0.495 e. The van der Waals surface area contributed by atoms with Crippen LogP contribution in [0.4, 0.5) is 5.69 Å². The Morgan fingerprint density at radius 3 is 2.43 bits per heavy atom. The van der Waals surface area contributed by atoms with E-state index >= 15 is 0 Å². The lowest BCUT2D eigenvalue weighted by molar-refractivity contribution is -0.124. The zero-order valence-corrected chi connectivity index (χ0v) is 18.7. The first-order valence-electron chi connectivity index (χ1n) is 8.68. The number of halogens is 1. The molecule has 0 bridgehead atoms. The number of hydrogen-bond acceptors (Lipinski definition) is 6. The fourth-order valence-corrected chi connectivity index (χ4v) is 7.27. The smallest absolute Gasteiger partial charge is 0.253 e. The summed E-state index contributed by atoms with van der Waals surface area (Å²) < 4.78 is 35.2. The number of nitrogens with zero attached hydrogens (tertiary/aromatic N) is 2. The van der Waals surface area contributed by atoms with E-state index in [0.717, 1.165) is 0 Å². The van der Waals surface area contributed by atoms with Crippen molar-refractivity contribution in [2.24, 2.45) is 10.4 Å². The molecule has 0 spiro atoms. The number of rotatable bonds is 3. The maximum Gasteiger partial charge on any atom is 0.253 e. The summed E-state index contributed by atoms with van der Waals surface area (Å²) in [6, 6.07) is 2.95. The molecule has 1 aromatic carbocycles. The number of thioether (sulfide) groups is 1. The zero-order chi connectivity index (χ0) is 20.9. The second-order valence-electron chi connectivity index (χ2n) is 7.78. The standard InChI is InChI=1S/C18H23ClN2O5S2/c1-18(2,3)16(22)20-17-21(12-8-28(23,24)9-15(12)27-17)11-6-10(19)13(25-4)7-14(11)26-5/h6-7,12,15H,8-9H2,1-5H3/t12-,15+/m0/s1. The van der Waals surface area contributed by atoms with Crippen molar-refractivity contribution in [3.8, 4) is 11.5 Å². The van der Waals surface area contributed by atoms with Crippen molar-refractivity contribution in [3.63, 3.8) is 0 Å². The molecule has 2 aliphatic heterocycles. The number of carbonyl (C=O) groups excluding carboxylic acids is 1. The van der Waals surface area contributed by atoms with E-state index in [9.17, 15) is 13.2 Å². The number of anilines is 1. The van der Waals surface area contributed by atoms with Crippen LogP contribution in [0.15, 0.2) is 17.1 Å². The van der Waals surface area contributed by atoms with Gasteiger partial charge in [0.25, 0.3) is 5.91 Å². The summed E-state index contributed by atoms with van der Waals surface area (Å²) in [5.41, 5.74) is -0.0872. The Bertz CT molecular complexity index is 940. The van der Waals surface area contributed by atoms with Crippen LogP contribution in [0, 0.1) is 5.41 Å². The van der Waals surface area contributed by atoms with Gasteiger partial charge in [0.15, 0.2) is 15.0 Å². The highest BCUT2D eigenvalue weighted by molar-refractivity contribution is 8.16. The molecule has 2 heterocycles. The molecule has 2 saturated heterocycles. The number of amides is 1. The molecule has 2 fully saturated rings. The topological polar surface area (TPSA) is 85.3 Å². The van der Waals surface area contributed by atoms with Gasteiger partial charge in [-0.15, -0.1) is 0 Å². The van der Waals surface area contributed by atoms with Crippen LogP contribution in [0.2, 0.25) is 5.02 Å². The Hall–Kier alpha value is -1.45. The number of benzene rings is 1. The summed E-state index contributed by atoms with van der Waals surface area (Å²) in [4.78, 5) is 18.6. The van der Waals surface area contributed by atoms with Gasteiger partial charge in [-0.3, -0.25) is 4.79 Å². The molecule has 0 radical (unpaired) electrons. The van der Waals surface area contributed by atoms with Gasteiger partial charge in [-0.2, -0.15) is 4.99 Å². The Balaban J connectivity index is 2.14. The van der Waals surface area contributed by atoms with E-state index in [1.807, 2.05) is 0 Å². The number of methoxy groups -OCH3 is 2. The van der Waals surface area contributed by atoms with Crippen molar-refractivity contribution in [2.75, 3.05) is 30.6 Å². The second-order valence-corrected chi connectivity index (χ2v) is 11.5. The van der Waals surface area contributed by atoms with Crippen LogP contribution in [-0.4, -0.2) is 56.5 Å². The average Bonchev–Trinajstić information content (AvgIpc) is 3.04. The van der Waals surface area contributed by atoms with E-state index in [4.69, 9.17) is 21.1 Å². The summed E-state index contributed by atoms with van der Waals surface area (Å²) in [7, 11) is -0.160. The molecule has 7 nitrogen and oxygen atoms in total. The first-order valence-corrected chi connectivity index (χ1v) is 11.8. The van der Waals surface area contributed by atoms with Crippen molar-refractivity contribution < 1.29 is 22.7 Å². The molecule has 2 atom stereocenters. The van der Waals surface area contributed by atoms with Crippen LogP contribution < -0.4 is 14.4 Å². The molecule has 1 aromatic rings. The van der Waals surface area contributed by atoms with Crippen molar-refractivity contribution in [1.29, 1.82) is 0 Å². The van der Waals surface area contributed by atoms with Crippen molar-refractivity contribution in [1.82, 2.24) is 0 Å². The Kier molecular flexibility index (Phi) is 5.64. The molecule has 28 heavy (non-hydrogen) atoms. The van der Waals surface area contributed by atoms with E-state index in [0.29, 0.717) is 27.4 Å². The Labute approximate surface area is 174 Å². The van der Waals surface area contributed by atoms with Crippen molar-refractivity contribution >= 4 is 50.0 Å². The van der Waals surface area contributed by atoms with Gasteiger partial charge >= 0.3 is 0 Å². The van der Waals surface area contributed by atoms with Gasteiger partial charge < -0.3 is 14.4 Å². The van der Waals surface area contributed by atoms with E-state index in [2.05, 4.69) is 4.99 Å². The summed E-state index contributed by atoms with van der Waals surface area (Å²) in [5.74, 6) is 0.659. The second kappa shape index (κ2) is 7.42. The van der Waals surface area contributed by atoms with E-state index in [1.165, 1.54) is 26.0 Å². The fourth-order valence-electron chi connectivity index (χ4n) is 3.13. The highest BCUT2D eigenvalue weighted by atomic mass is 35.5. The number of aliphatic imine (C=N–C) groups is 1. The molecule has 154 valence electrons. The van der Waals surface area contributed by atoms with Crippen LogP contribution >= 0.6 is 23.4 Å². The normalized spacial score (nSPS) is 25.1. The zero-order valence-electron chi connectivity index (χ0n) is 16.4. The first-order chi connectivity index (χ1) is 13.0. The highest BCUT2D eigenvalue weighted by Crippen LogP contribution is 2.46. The van der Waals surface area contributed by atoms with Crippen LogP contribution in [-0.2, 0) is 14.6 Å². The molecule has 0 aromatic heterocycles. The SMILES string of the molecule is COc1cc(OC)c(N2C(=NC(=O)C(C)(C)C)S[C@@H]3CS(=O)(=O)C[C@@H]32)cc1Cl. The van der Waals surface area contributed by atoms with Crippen molar-refractivity contribution in [3.05, 3.63) is 17.2 Å². The Morgan fingerprint density at radius 1 is 1.21 bits per heavy atom. The third kappa shape index (κ3) is 3.97. The van der Waals surface area contributed by atoms with Crippen LogP contribution in [0.1, 0.15) is 20.8 Å². The van der Waals surface area contributed by atoms with Gasteiger partial charge in [-0.1, -0.05) is 44.1 Å². The number of amidine groups is 1. The third-order valence-corrected chi connectivity index (χ3v) is 8.12. The summed E-state index contributed by atoms with van der Waals surface area (Å²) >= 11 is 7.63. The maximum absolute atomic E-state index is 12.5. The molecular weight excluding hydrogens is 424 g/mol. The average molecular weight is 447 g/mol. The summed E-state index contributed by atoms with van der Waals surface area (Å²) in [6.45, 7) is 5.37. The summed E-state index contributed by atoms with van der Waals surface area (Å²) in [5, 5.41) is 0.612. The van der Waals surface area contributed by atoms with E-state index in [1.54, 1.807) is 37.8 Å². The predicted octanol–water partition coefficient (Wildman–Crippen LogP) is 3.00. The largest absolute Gasteiger partial charge is 0.495 e. The van der Waals surface area contributed by atoms with Gasteiger partial charge in [-0.25, -0.2) is 8.42 Å². The molecule has 3 rings (SSSR count). The number of hydrogen-bond donors (Lipinski definition) is 0. The molecule has 0 N–H and O–H groups in total. The minimum absolute atomic E-state index is 0.0137. The molecule has 2 aliphatic rings. The van der Waals surface area contributed by atoms with Gasteiger partial charge in [0, 0.05) is 16.7 Å². The molecule has 0 saturated carbocycles. The van der Waals surface area contributed by atoms with Crippen LogP contribution in [0.5, 0.6) is 11.5 Å². The van der Waals surface area contributed by atoms with Crippen molar-refractivity contribution in [2.45, 2.75) is 32.1 Å².